The Labute approximate surface area is 188 Å². The van der Waals surface area contributed by atoms with E-state index in [1.165, 1.54) is 6.07 Å². The third-order valence-corrected chi connectivity index (χ3v) is 5.17. The van der Waals surface area contributed by atoms with Crippen LogP contribution in [-0.4, -0.2) is 66.5 Å². The maximum atomic E-state index is 14.1. The third-order valence-electron chi connectivity index (χ3n) is 5.17. The lowest BCUT2D eigenvalue weighted by atomic mass is 10.1. The minimum Gasteiger partial charge on any atom is -0.491 e. The molecule has 4 rings (SSSR count). The van der Waals surface area contributed by atoms with E-state index in [9.17, 15) is 18.7 Å². The van der Waals surface area contributed by atoms with Crippen molar-refractivity contribution >= 4 is 5.91 Å². The Kier molecular flexibility index (Phi) is 6.97. The number of nitrogens with two attached hydrogens (primary N) is 1. The number of nitrogens with zero attached hydrogens (tertiary/aromatic N) is 2. The van der Waals surface area contributed by atoms with Crippen LogP contribution in [0.4, 0.5) is 8.78 Å². The zero-order valence-electron chi connectivity index (χ0n) is 17.7. The lowest BCUT2D eigenvalue weighted by Gasteiger charge is -2.28. The molecule has 1 amide bonds. The van der Waals surface area contributed by atoms with Crippen LogP contribution in [0.1, 0.15) is 10.5 Å². The molecule has 1 aliphatic heterocycles. The summed E-state index contributed by atoms with van der Waals surface area (Å²) in [4.78, 5) is 17.9. The fourth-order valence-electron chi connectivity index (χ4n) is 3.52. The summed E-state index contributed by atoms with van der Waals surface area (Å²) in [7, 11) is 0. The number of aliphatic hydroxyl groups excluding tert-OH is 1. The first-order chi connectivity index (χ1) is 15.9. The van der Waals surface area contributed by atoms with Crippen molar-refractivity contribution in [3.8, 4) is 28.5 Å². The lowest BCUT2D eigenvalue weighted by Crippen LogP contribution is -2.42. The molecule has 33 heavy (non-hydrogen) atoms. The van der Waals surface area contributed by atoms with E-state index in [0.29, 0.717) is 31.1 Å². The molecular weight excluding hydrogens is 436 g/mol. The van der Waals surface area contributed by atoms with Crippen molar-refractivity contribution in [2.45, 2.75) is 6.10 Å². The first kappa shape index (κ1) is 22.8. The van der Waals surface area contributed by atoms with Gasteiger partial charge < -0.3 is 24.7 Å². The van der Waals surface area contributed by atoms with Crippen molar-refractivity contribution in [1.29, 1.82) is 0 Å². The van der Waals surface area contributed by atoms with Crippen LogP contribution in [0.3, 0.4) is 0 Å². The Hall–Kier alpha value is -3.34. The third kappa shape index (κ3) is 5.36. The van der Waals surface area contributed by atoms with E-state index >= 15 is 0 Å². The van der Waals surface area contributed by atoms with Gasteiger partial charge >= 0.3 is 0 Å². The Morgan fingerprint density at radius 1 is 1.15 bits per heavy atom. The summed E-state index contributed by atoms with van der Waals surface area (Å²) in [5.41, 5.74) is 5.08. The van der Waals surface area contributed by atoms with Gasteiger partial charge in [-0.3, -0.25) is 9.69 Å². The first-order valence-electron chi connectivity index (χ1n) is 10.4. The second-order valence-electron chi connectivity index (χ2n) is 7.56. The number of morpholine rings is 1. The van der Waals surface area contributed by atoms with Gasteiger partial charge in [-0.15, -0.1) is 0 Å². The summed E-state index contributed by atoms with van der Waals surface area (Å²) in [5.74, 6) is -2.57. The maximum Gasteiger partial charge on any atom is 0.271 e. The summed E-state index contributed by atoms with van der Waals surface area (Å²) < 4.78 is 44.7. The highest BCUT2D eigenvalue weighted by molar-refractivity contribution is 5.97. The van der Waals surface area contributed by atoms with Crippen LogP contribution >= 0.6 is 0 Å². The number of rotatable bonds is 8. The van der Waals surface area contributed by atoms with Gasteiger partial charge in [0.25, 0.3) is 5.91 Å². The van der Waals surface area contributed by atoms with E-state index in [4.69, 9.17) is 19.6 Å². The molecule has 0 aliphatic carbocycles. The van der Waals surface area contributed by atoms with Crippen molar-refractivity contribution in [2.24, 2.45) is 5.73 Å². The van der Waals surface area contributed by atoms with Gasteiger partial charge in [0.15, 0.2) is 11.5 Å². The zero-order chi connectivity index (χ0) is 23.4. The number of aliphatic hydroxyl groups is 1. The number of carbonyl (C=O) groups excluding carboxylic acids is 1. The molecule has 0 bridgehead atoms. The van der Waals surface area contributed by atoms with E-state index in [2.05, 4.69) is 9.88 Å². The van der Waals surface area contributed by atoms with E-state index in [-0.39, 0.29) is 24.0 Å². The molecule has 1 fully saturated rings. The molecule has 1 saturated heterocycles. The fraction of sp³-hybridized carbons (Fsp3) is 0.304. The molecule has 2 aromatic carbocycles. The molecule has 1 atom stereocenters. The number of aromatic nitrogens is 1. The van der Waals surface area contributed by atoms with E-state index in [0.717, 1.165) is 25.2 Å². The van der Waals surface area contributed by atoms with Gasteiger partial charge in [0.05, 0.1) is 13.2 Å². The molecular formula is C23H23F2N3O5. The Morgan fingerprint density at radius 3 is 2.45 bits per heavy atom. The second-order valence-corrected chi connectivity index (χ2v) is 7.56. The molecule has 3 aromatic rings. The summed E-state index contributed by atoms with van der Waals surface area (Å²) in [6.45, 7) is 3.41. The van der Waals surface area contributed by atoms with Crippen LogP contribution in [0.25, 0.3) is 22.8 Å². The van der Waals surface area contributed by atoms with Gasteiger partial charge in [-0.25, -0.2) is 13.8 Å². The topological polar surface area (TPSA) is 111 Å². The molecule has 3 N–H and O–H groups in total. The quantitative estimate of drug-likeness (QED) is 0.532. The van der Waals surface area contributed by atoms with Crippen LogP contribution in [-0.2, 0) is 4.74 Å². The van der Waals surface area contributed by atoms with E-state index in [1.54, 1.807) is 24.3 Å². The number of halogens is 2. The van der Waals surface area contributed by atoms with Crippen LogP contribution in [0.5, 0.6) is 5.75 Å². The number of hydrogen-bond donors (Lipinski definition) is 2. The Balaban J connectivity index is 1.48. The summed E-state index contributed by atoms with van der Waals surface area (Å²) >= 11 is 0. The highest BCUT2D eigenvalue weighted by Crippen LogP contribution is 2.33. The number of hydrogen-bond acceptors (Lipinski definition) is 7. The minimum absolute atomic E-state index is 0.0148. The smallest absolute Gasteiger partial charge is 0.271 e. The number of ether oxygens (including phenoxy) is 2. The average Bonchev–Trinajstić information content (AvgIpc) is 3.24. The van der Waals surface area contributed by atoms with Gasteiger partial charge in [-0.05, 0) is 36.4 Å². The number of β-amino-alcohol motifs (C(OH)–C–C–N with tert-alkyl or cyclic N) is 1. The van der Waals surface area contributed by atoms with Crippen molar-refractivity contribution in [3.05, 3.63) is 59.8 Å². The molecule has 8 nitrogen and oxygen atoms in total. The molecule has 10 heteroatoms. The van der Waals surface area contributed by atoms with Gasteiger partial charge in [0.2, 0.25) is 5.89 Å². The molecule has 2 heterocycles. The number of oxazole rings is 1. The van der Waals surface area contributed by atoms with E-state index < -0.39 is 29.2 Å². The molecule has 1 aliphatic rings. The molecule has 0 spiro atoms. The summed E-state index contributed by atoms with van der Waals surface area (Å²) in [6, 6.07) is 9.76. The molecule has 174 valence electrons. The van der Waals surface area contributed by atoms with E-state index in [1.807, 2.05) is 0 Å². The molecule has 1 aromatic heterocycles. The number of primary amides is 1. The van der Waals surface area contributed by atoms with Gasteiger partial charge in [-0.1, -0.05) is 6.07 Å². The van der Waals surface area contributed by atoms with Gasteiger partial charge in [0.1, 0.15) is 35.7 Å². The highest BCUT2D eigenvalue weighted by atomic mass is 19.1. The Morgan fingerprint density at radius 2 is 1.82 bits per heavy atom. The fourth-order valence-corrected chi connectivity index (χ4v) is 3.52. The highest BCUT2D eigenvalue weighted by Gasteiger charge is 2.24. The zero-order valence-corrected chi connectivity index (χ0v) is 17.7. The van der Waals surface area contributed by atoms with Crippen molar-refractivity contribution in [1.82, 2.24) is 9.88 Å². The van der Waals surface area contributed by atoms with Crippen molar-refractivity contribution in [3.63, 3.8) is 0 Å². The van der Waals surface area contributed by atoms with Gasteiger partial charge in [0, 0.05) is 25.2 Å². The SMILES string of the molecule is NC(=O)c1nc(-c2c(F)cccc2F)oc1-c1ccc(OCC(O)CN2CCOCC2)cc1. The van der Waals surface area contributed by atoms with Crippen molar-refractivity contribution < 1.29 is 32.6 Å². The standard InChI is InChI=1S/C23H23F2N3O5/c24-17-2-1-3-18(25)19(17)23-27-20(22(26)30)21(33-23)14-4-6-16(7-5-14)32-13-15(29)12-28-8-10-31-11-9-28/h1-7,15,29H,8-13H2,(H2,26,30). The maximum absolute atomic E-state index is 14.1. The number of benzene rings is 2. The lowest BCUT2D eigenvalue weighted by molar-refractivity contribution is 0.00465. The van der Waals surface area contributed by atoms with Gasteiger partial charge in [-0.2, -0.15) is 0 Å². The summed E-state index contributed by atoms with van der Waals surface area (Å²) in [5, 5.41) is 10.2. The van der Waals surface area contributed by atoms with Crippen LogP contribution < -0.4 is 10.5 Å². The molecule has 0 radical (unpaired) electrons. The van der Waals surface area contributed by atoms with Crippen LogP contribution in [0.2, 0.25) is 0 Å². The van der Waals surface area contributed by atoms with Crippen LogP contribution in [0, 0.1) is 11.6 Å². The average molecular weight is 459 g/mol. The molecule has 1 unspecified atom stereocenters. The first-order valence-corrected chi connectivity index (χ1v) is 10.4. The Bertz CT molecular complexity index is 1090. The molecule has 0 saturated carbocycles. The normalized spacial score (nSPS) is 15.4. The summed E-state index contributed by atoms with van der Waals surface area (Å²) in [6.07, 6.45) is -0.670. The largest absolute Gasteiger partial charge is 0.491 e. The van der Waals surface area contributed by atoms with Crippen molar-refractivity contribution in [2.75, 3.05) is 39.5 Å². The number of amides is 1. The van der Waals surface area contributed by atoms with Crippen LogP contribution in [0.15, 0.2) is 46.9 Å². The number of carbonyl (C=O) groups is 1. The minimum atomic E-state index is -0.900. The predicted octanol–water partition coefficient (Wildman–Crippen LogP) is 2.46. The predicted molar refractivity (Wildman–Crippen MR) is 115 cm³/mol. The monoisotopic (exact) mass is 459 g/mol. The second kappa shape index (κ2) is 10.1.